The maximum atomic E-state index is 9.46. The maximum Gasteiger partial charge on any atom is 0.116 e. The largest absolute Gasteiger partial charge is 0.303 e. The van der Waals surface area contributed by atoms with E-state index in [1.807, 2.05) is 6.92 Å². The summed E-state index contributed by atoms with van der Waals surface area (Å²) in [7, 11) is 0. The fourth-order valence-electron chi connectivity index (χ4n) is 3.86. The van der Waals surface area contributed by atoms with Crippen molar-refractivity contribution in [2.45, 2.75) is 58.0 Å². The highest BCUT2D eigenvalue weighted by molar-refractivity contribution is 5.06. The topological polar surface area (TPSA) is 42.3 Å². The minimum atomic E-state index is -0.421. The lowest BCUT2D eigenvalue weighted by molar-refractivity contribution is 0.132. The molecule has 0 aromatic heterocycles. The third-order valence-corrected chi connectivity index (χ3v) is 4.82. The van der Waals surface area contributed by atoms with Gasteiger partial charge in [-0.25, -0.2) is 0 Å². The van der Waals surface area contributed by atoms with Crippen LogP contribution < -0.4 is 5.32 Å². The van der Waals surface area contributed by atoms with Gasteiger partial charge in [0, 0.05) is 19.1 Å². The van der Waals surface area contributed by atoms with E-state index in [1.54, 1.807) is 0 Å². The van der Waals surface area contributed by atoms with E-state index in [0.717, 1.165) is 25.6 Å². The quantitative estimate of drug-likeness (QED) is 0.814. The lowest BCUT2D eigenvalue weighted by Gasteiger charge is -2.38. The van der Waals surface area contributed by atoms with Crippen LogP contribution in [0, 0.1) is 17.2 Å². The summed E-state index contributed by atoms with van der Waals surface area (Å²) in [6.07, 6.45) is 5.36. The van der Waals surface area contributed by atoms with Crippen LogP contribution >= 0.6 is 0 Å². The Balaban J connectivity index is 1.74. The summed E-state index contributed by atoms with van der Waals surface area (Å²) in [4.78, 5) is 5.11. The second-order valence-corrected chi connectivity index (χ2v) is 7.47. The smallest absolute Gasteiger partial charge is 0.116 e. The van der Waals surface area contributed by atoms with Gasteiger partial charge in [0.25, 0.3) is 0 Å². The van der Waals surface area contributed by atoms with E-state index in [2.05, 4.69) is 35.0 Å². The Morgan fingerprint density at radius 2 is 1.76 bits per heavy atom. The molecule has 0 amide bonds. The van der Waals surface area contributed by atoms with Crippen molar-refractivity contribution in [3.05, 3.63) is 0 Å². The van der Waals surface area contributed by atoms with Gasteiger partial charge < -0.3 is 9.80 Å². The predicted octanol–water partition coefficient (Wildman–Crippen LogP) is 2.07. The highest BCUT2D eigenvalue weighted by Crippen LogP contribution is 2.22. The van der Waals surface area contributed by atoms with Crippen LogP contribution in [0.4, 0.5) is 0 Å². The fourth-order valence-corrected chi connectivity index (χ4v) is 3.86. The second kappa shape index (κ2) is 7.58. The molecule has 2 fully saturated rings. The number of nitriles is 1. The summed E-state index contributed by atoms with van der Waals surface area (Å²) in [5, 5.41) is 12.9. The molecule has 2 rings (SSSR count). The standard InChI is InChI=1S/C17H32N4/c1-15(2)19-17(3,13-18)14-21-10-6-16(7-11-21)12-20-8-4-5-9-20/h15-16,19H,4-12,14H2,1-3H3. The average molecular weight is 292 g/mol. The number of hydrogen-bond acceptors (Lipinski definition) is 4. The first-order chi connectivity index (χ1) is 10.0. The minimum absolute atomic E-state index is 0.349. The number of likely N-dealkylation sites (tertiary alicyclic amines) is 2. The van der Waals surface area contributed by atoms with Gasteiger partial charge in [-0.15, -0.1) is 0 Å². The molecule has 0 spiro atoms. The summed E-state index contributed by atoms with van der Waals surface area (Å²) in [5.41, 5.74) is -0.421. The van der Waals surface area contributed by atoms with Gasteiger partial charge in [0.15, 0.2) is 0 Å². The summed E-state index contributed by atoms with van der Waals surface area (Å²) in [6, 6.07) is 2.82. The zero-order valence-corrected chi connectivity index (χ0v) is 14.1. The van der Waals surface area contributed by atoms with E-state index in [-0.39, 0.29) is 0 Å². The van der Waals surface area contributed by atoms with Crippen molar-refractivity contribution in [2.24, 2.45) is 5.92 Å². The molecule has 21 heavy (non-hydrogen) atoms. The molecule has 120 valence electrons. The molecule has 0 radical (unpaired) electrons. The molecule has 2 heterocycles. The third-order valence-electron chi connectivity index (χ3n) is 4.82. The Bertz CT molecular complexity index is 348. The van der Waals surface area contributed by atoms with Crippen molar-refractivity contribution < 1.29 is 0 Å². The number of nitrogens with one attached hydrogen (secondary N) is 1. The van der Waals surface area contributed by atoms with Crippen LogP contribution in [0.3, 0.4) is 0 Å². The van der Waals surface area contributed by atoms with Crippen LogP contribution in [0.1, 0.15) is 46.5 Å². The zero-order chi connectivity index (χ0) is 15.3. The van der Waals surface area contributed by atoms with Crippen LogP contribution in [-0.2, 0) is 0 Å². The van der Waals surface area contributed by atoms with Crippen LogP contribution in [-0.4, -0.2) is 60.6 Å². The normalized spacial score (nSPS) is 25.1. The molecule has 2 aliphatic heterocycles. The van der Waals surface area contributed by atoms with E-state index in [1.165, 1.54) is 45.3 Å². The Labute approximate surface area is 130 Å². The Kier molecular flexibility index (Phi) is 6.04. The second-order valence-electron chi connectivity index (χ2n) is 7.47. The van der Waals surface area contributed by atoms with Crippen molar-refractivity contribution in [2.75, 3.05) is 39.3 Å². The van der Waals surface area contributed by atoms with Crippen molar-refractivity contribution in [1.82, 2.24) is 15.1 Å². The van der Waals surface area contributed by atoms with E-state index in [0.29, 0.717) is 6.04 Å². The maximum absolute atomic E-state index is 9.46. The van der Waals surface area contributed by atoms with E-state index in [4.69, 9.17) is 0 Å². The van der Waals surface area contributed by atoms with E-state index >= 15 is 0 Å². The molecule has 4 heteroatoms. The third kappa shape index (κ3) is 5.25. The zero-order valence-electron chi connectivity index (χ0n) is 14.1. The van der Waals surface area contributed by atoms with E-state index in [9.17, 15) is 5.26 Å². The SMILES string of the molecule is CC(C)NC(C)(C#N)CN1CCC(CN2CCCC2)CC1. The van der Waals surface area contributed by atoms with Gasteiger partial charge in [-0.1, -0.05) is 0 Å². The molecule has 1 N–H and O–H groups in total. The van der Waals surface area contributed by atoms with Gasteiger partial charge in [0.2, 0.25) is 0 Å². The molecule has 4 nitrogen and oxygen atoms in total. The number of piperidine rings is 1. The molecule has 0 bridgehead atoms. The van der Waals surface area contributed by atoms with Gasteiger partial charge in [0.05, 0.1) is 6.07 Å². The van der Waals surface area contributed by atoms with Crippen molar-refractivity contribution >= 4 is 0 Å². The number of hydrogen-bond donors (Lipinski definition) is 1. The lowest BCUT2D eigenvalue weighted by Crippen LogP contribution is -2.54. The first-order valence-electron chi connectivity index (χ1n) is 8.64. The summed E-state index contributed by atoms with van der Waals surface area (Å²) in [6.45, 7) is 13.3. The Morgan fingerprint density at radius 1 is 1.14 bits per heavy atom. The first-order valence-corrected chi connectivity index (χ1v) is 8.64. The van der Waals surface area contributed by atoms with Crippen LogP contribution in [0.2, 0.25) is 0 Å². The van der Waals surface area contributed by atoms with Crippen molar-refractivity contribution in [1.29, 1.82) is 5.26 Å². The summed E-state index contributed by atoms with van der Waals surface area (Å²) in [5.74, 6) is 0.866. The summed E-state index contributed by atoms with van der Waals surface area (Å²) >= 11 is 0. The number of rotatable bonds is 6. The monoisotopic (exact) mass is 292 g/mol. The molecule has 1 unspecified atom stereocenters. The van der Waals surface area contributed by atoms with Gasteiger partial charge in [-0.05, 0) is 78.6 Å². The van der Waals surface area contributed by atoms with Gasteiger partial charge in [-0.2, -0.15) is 5.26 Å². The number of nitrogens with zero attached hydrogens (tertiary/aromatic N) is 3. The average Bonchev–Trinajstić information content (AvgIpc) is 2.93. The van der Waals surface area contributed by atoms with Crippen LogP contribution in [0.25, 0.3) is 0 Å². The molecule has 2 aliphatic rings. The molecule has 2 saturated heterocycles. The van der Waals surface area contributed by atoms with Gasteiger partial charge >= 0.3 is 0 Å². The highest BCUT2D eigenvalue weighted by atomic mass is 15.2. The van der Waals surface area contributed by atoms with Gasteiger partial charge in [0.1, 0.15) is 5.54 Å². The lowest BCUT2D eigenvalue weighted by atomic mass is 9.94. The first kappa shape index (κ1) is 16.7. The van der Waals surface area contributed by atoms with Gasteiger partial charge in [-0.3, -0.25) is 5.32 Å². The highest BCUT2D eigenvalue weighted by Gasteiger charge is 2.30. The predicted molar refractivity (Wildman–Crippen MR) is 87.1 cm³/mol. The molecular weight excluding hydrogens is 260 g/mol. The molecule has 0 aliphatic carbocycles. The molecule has 0 saturated carbocycles. The summed E-state index contributed by atoms with van der Waals surface area (Å²) < 4.78 is 0. The van der Waals surface area contributed by atoms with Crippen molar-refractivity contribution in [3.63, 3.8) is 0 Å². The Hall–Kier alpha value is -0.630. The molecule has 1 atom stereocenters. The van der Waals surface area contributed by atoms with Crippen molar-refractivity contribution in [3.8, 4) is 6.07 Å². The Morgan fingerprint density at radius 3 is 2.29 bits per heavy atom. The minimum Gasteiger partial charge on any atom is -0.303 e. The van der Waals surface area contributed by atoms with E-state index < -0.39 is 5.54 Å². The van der Waals surface area contributed by atoms with Crippen LogP contribution in [0.15, 0.2) is 0 Å². The molecule has 0 aromatic carbocycles. The molecule has 0 aromatic rings. The van der Waals surface area contributed by atoms with Crippen LogP contribution in [0.5, 0.6) is 0 Å². The molecular formula is C17H32N4. The fraction of sp³-hybridized carbons (Fsp3) is 0.941.